The molecule has 0 bridgehead atoms. The van der Waals surface area contributed by atoms with Gasteiger partial charge in [-0.2, -0.15) is 0 Å². The van der Waals surface area contributed by atoms with Crippen LogP contribution in [-0.4, -0.2) is 48.7 Å². The van der Waals surface area contributed by atoms with Crippen molar-refractivity contribution in [1.29, 1.82) is 0 Å². The van der Waals surface area contributed by atoms with Gasteiger partial charge in [-0.1, -0.05) is 64.7 Å². The lowest BCUT2D eigenvalue weighted by Gasteiger charge is -2.32. The van der Waals surface area contributed by atoms with Crippen LogP contribution in [0, 0.1) is 0 Å². The third-order valence-electron chi connectivity index (χ3n) is 5.08. The van der Waals surface area contributed by atoms with Crippen LogP contribution < -0.4 is 5.32 Å². The predicted molar refractivity (Wildman–Crippen MR) is 122 cm³/mol. The Morgan fingerprint density at radius 2 is 1.19 bits per heavy atom. The Kier molecular flexibility index (Phi) is 17.2. The number of nitrogens with one attached hydrogen (secondary N) is 1. The summed E-state index contributed by atoms with van der Waals surface area (Å²) in [6.07, 6.45) is 10.4. The SMILES string of the molecule is CCCCCCCCCCCC[C@@H](OC(C)=O)[C@H](OC(C)=O)[C@H](COC(C)=O)NC(C)=O. The molecule has 0 aromatic rings. The topological polar surface area (TPSA) is 108 Å². The van der Waals surface area contributed by atoms with Gasteiger partial charge in [-0.05, 0) is 12.8 Å². The second-order valence-electron chi connectivity index (χ2n) is 8.30. The van der Waals surface area contributed by atoms with E-state index >= 15 is 0 Å². The van der Waals surface area contributed by atoms with Crippen LogP contribution in [0.25, 0.3) is 0 Å². The Balaban J connectivity index is 4.90. The summed E-state index contributed by atoms with van der Waals surface area (Å²) in [6.45, 7) is 7.12. The summed E-state index contributed by atoms with van der Waals surface area (Å²) in [5.74, 6) is -1.98. The van der Waals surface area contributed by atoms with Gasteiger partial charge in [0, 0.05) is 27.7 Å². The first-order chi connectivity index (χ1) is 15.2. The number of carbonyl (C=O) groups excluding carboxylic acids is 4. The van der Waals surface area contributed by atoms with Gasteiger partial charge < -0.3 is 19.5 Å². The smallest absolute Gasteiger partial charge is 0.303 e. The minimum absolute atomic E-state index is 0.192. The number of hydrogen-bond acceptors (Lipinski definition) is 7. The molecule has 186 valence electrons. The Labute approximate surface area is 193 Å². The third-order valence-corrected chi connectivity index (χ3v) is 5.08. The van der Waals surface area contributed by atoms with Gasteiger partial charge in [-0.3, -0.25) is 19.2 Å². The molecule has 0 spiro atoms. The first-order valence-corrected chi connectivity index (χ1v) is 11.9. The average Bonchev–Trinajstić information content (AvgIpc) is 2.69. The molecule has 8 nitrogen and oxygen atoms in total. The molecular weight excluding hydrogens is 414 g/mol. The lowest BCUT2D eigenvalue weighted by Crippen LogP contribution is -2.53. The second kappa shape index (κ2) is 18.5. The van der Waals surface area contributed by atoms with Gasteiger partial charge in [0.15, 0.2) is 6.10 Å². The molecule has 1 N–H and O–H groups in total. The standard InChI is InChI=1S/C24H43NO7/c1-6-7-8-9-10-11-12-13-14-15-16-23(31-20(4)28)24(32-21(5)29)22(25-18(2)26)17-30-19(3)27/h22-24H,6-17H2,1-5H3,(H,25,26)/t22-,23+,24+/m0/s1. The summed E-state index contributed by atoms with van der Waals surface area (Å²) in [5, 5.41) is 2.65. The molecule has 0 fully saturated rings. The maximum atomic E-state index is 11.7. The highest BCUT2D eigenvalue weighted by Gasteiger charge is 2.35. The molecule has 0 aromatic carbocycles. The van der Waals surface area contributed by atoms with E-state index in [1.807, 2.05) is 0 Å². The summed E-state index contributed by atoms with van der Waals surface area (Å²) < 4.78 is 15.9. The fraction of sp³-hybridized carbons (Fsp3) is 0.833. The van der Waals surface area contributed by atoms with E-state index in [1.165, 1.54) is 72.6 Å². The van der Waals surface area contributed by atoms with Gasteiger partial charge in [0.25, 0.3) is 0 Å². The fourth-order valence-corrected chi connectivity index (χ4v) is 3.63. The molecule has 0 saturated carbocycles. The molecule has 8 heteroatoms. The molecule has 32 heavy (non-hydrogen) atoms. The molecule has 0 rings (SSSR count). The molecule has 3 atom stereocenters. The maximum absolute atomic E-state index is 11.7. The molecule has 0 unspecified atom stereocenters. The highest BCUT2D eigenvalue weighted by Crippen LogP contribution is 2.19. The first kappa shape index (κ1) is 29.9. The highest BCUT2D eigenvalue weighted by atomic mass is 16.6. The largest absolute Gasteiger partial charge is 0.464 e. The minimum Gasteiger partial charge on any atom is -0.464 e. The van der Waals surface area contributed by atoms with E-state index in [1.54, 1.807) is 0 Å². The average molecular weight is 458 g/mol. The van der Waals surface area contributed by atoms with Crippen molar-refractivity contribution < 1.29 is 33.4 Å². The predicted octanol–water partition coefficient (Wildman–Crippen LogP) is 4.23. The molecule has 0 heterocycles. The number of esters is 3. The van der Waals surface area contributed by atoms with Gasteiger partial charge in [0.1, 0.15) is 18.8 Å². The number of hydrogen-bond donors (Lipinski definition) is 1. The van der Waals surface area contributed by atoms with Crippen LogP contribution in [0.4, 0.5) is 0 Å². The Morgan fingerprint density at radius 3 is 1.62 bits per heavy atom. The van der Waals surface area contributed by atoms with Crippen LogP contribution in [0.3, 0.4) is 0 Å². The van der Waals surface area contributed by atoms with Crippen molar-refractivity contribution in [2.75, 3.05) is 6.61 Å². The molecule has 0 aliphatic rings. The maximum Gasteiger partial charge on any atom is 0.303 e. The number of unbranched alkanes of at least 4 members (excludes halogenated alkanes) is 9. The number of rotatable bonds is 18. The molecule has 0 saturated heterocycles. The summed E-state index contributed by atoms with van der Waals surface area (Å²) in [7, 11) is 0. The van der Waals surface area contributed by atoms with Crippen LogP contribution in [0.5, 0.6) is 0 Å². The summed E-state index contributed by atoms with van der Waals surface area (Å²) in [6, 6.07) is -0.826. The summed E-state index contributed by atoms with van der Waals surface area (Å²) in [4.78, 5) is 46.4. The van der Waals surface area contributed by atoms with Crippen LogP contribution >= 0.6 is 0 Å². The van der Waals surface area contributed by atoms with Crippen molar-refractivity contribution in [1.82, 2.24) is 5.32 Å². The lowest BCUT2D eigenvalue weighted by atomic mass is 9.98. The van der Waals surface area contributed by atoms with Crippen molar-refractivity contribution in [3.63, 3.8) is 0 Å². The zero-order valence-corrected chi connectivity index (χ0v) is 20.6. The van der Waals surface area contributed by atoms with E-state index in [9.17, 15) is 19.2 Å². The van der Waals surface area contributed by atoms with Gasteiger partial charge in [-0.15, -0.1) is 0 Å². The third kappa shape index (κ3) is 16.6. The molecule has 0 aliphatic carbocycles. The van der Waals surface area contributed by atoms with Crippen LogP contribution in [0.15, 0.2) is 0 Å². The normalized spacial score (nSPS) is 13.5. The molecule has 0 aromatic heterocycles. The summed E-state index contributed by atoms with van der Waals surface area (Å²) >= 11 is 0. The Hall–Kier alpha value is -2.12. The zero-order chi connectivity index (χ0) is 24.4. The number of ether oxygens (including phenoxy) is 3. The van der Waals surface area contributed by atoms with E-state index in [4.69, 9.17) is 14.2 Å². The molecule has 1 amide bonds. The molecule has 0 radical (unpaired) electrons. The van der Waals surface area contributed by atoms with Crippen molar-refractivity contribution in [2.45, 2.75) is 123 Å². The van der Waals surface area contributed by atoms with Crippen LogP contribution in [0.1, 0.15) is 105 Å². The lowest BCUT2D eigenvalue weighted by molar-refractivity contribution is -0.171. The first-order valence-electron chi connectivity index (χ1n) is 11.9. The number of carbonyl (C=O) groups is 4. The minimum atomic E-state index is -0.960. The van der Waals surface area contributed by atoms with Crippen molar-refractivity contribution in [2.24, 2.45) is 0 Å². The second-order valence-corrected chi connectivity index (χ2v) is 8.30. The van der Waals surface area contributed by atoms with Gasteiger partial charge in [-0.25, -0.2) is 0 Å². The zero-order valence-electron chi connectivity index (χ0n) is 20.6. The van der Waals surface area contributed by atoms with E-state index in [0.29, 0.717) is 6.42 Å². The quantitative estimate of drug-likeness (QED) is 0.186. The van der Waals surface area contributed by atoms with Crippen molar-refractivity contribution in [3.8, 4) is 0 Å². The van der Waals surface area contributed by atoms with Crippen molar-refractivity contribution in [3.05, 3.63) is 0 Å². The van der Waals surface area contributed by atoms with Crippen LogP contribution in [0.2, 0.25) is 0 Å². The molecular formula is C24H43NO7. The van der Waals surface area contributed by atoms with Gasteiger partial charge in [0.2, 0.25) is 5.91 Å². The monoisotopic (exact) mass is 457 g/mol. The van der Waals surface area contributed by atoms with Crippen molar-refractivity contribution >= 4 is 23.8 Å². The number of amides is 1. The van der Waals surface area contributed by atoms with E-state index in [-0.39, 0.29) is 12.5 Å². The van der Waals surface area contributed by atoms with E-state index in [2.05, 4.69) is 12.2 Å². The summed E-state index contributed by atoms with van der Waals surface area (Å²) in [5.41, 5.74) is 0. The Bertz CT molecular complexity index is 565. The van der Waals surface area contributed by atoms with Gasteiger partial charge >= 0.3 is 17.9 Å². The molecule has 0 aliphatic heterocycles. The highest BCUT2D eigenvalue weighted by molar-refractivity contribution is 5.73. The fourth-order valence-electron chi connectivity index (χ4n) is 3.63. The van der Waals surface area contributed by atoms with E-state index in [0.717, 1.165) is 19.3 Å². The van der Waals surface area contributed by atoms with Crippen LogP contribution in [-0.2, 0) is 33.4 Å². The van der Waals surface area contributed by atoms with Gasteiger partial charge in [0.05, 0.1) is 0 Å². The Morgan fingerprint density at radius 1 is 0.688 bits per heavy atom. The van der Waals surface area contributed by atoms with E-state index < -0.39 is 36.2 Å².